The summed E-state index contributed by atoms with van der Waals surface area (Å²) in [4.78, 5) is 0. The summed E-state index contributed by atoms with van der Waals surface area (Å²) in [6.07, 6.45) is -1.10. The topological polar surface area (TPSA) is 53.3 Å². The summed E-state index contributed by atoms with van der Waals surface area (Å²) in [6.45, 7) is 2.09. The normalized spacial score (nSPS) is 12.3. The van der Waals surface area contributed by atoms with Gasteiger partial charge < -0.3 is 9.84 Å². The highest BCUT2D eigenvalue weighted by Crippen LogP contribution is 2.26. The molecule has 15 heavy (non-hydrogen) atoms. The van der Waals surface area contributed by atoms with Crippen molar-refractivity contribution < 1.29 is 9.84 Å². The molecule has 82 valence electrons. The van der Waals surface area contributed by atoms with Crippen LogP contribution in [0.15, 0.2) is 18.2 Å². The van der Waals surface area contributed by atoms with E-state index in [4.69, 9.17) is 33.3 Å². The Morgan fingerprint density at radius 1 is 1.47 bits per heavy atom. The van der Waals surface area contributed by atoms with Crippen LogP contribution in [0, 0.1) is 5.41 Å². The first-order valence-corrected chi connectivity index (χ1v) is 5.16. The number of aliphatic hydroxyl groups is 1. The zero-order valence-corrected chi connectivity index (χ0v) is 9.64. The Balaban J connectivity index is 2.86. The molecule has 1 rings (SSSR count). The SMILES string of the molecule is CCOC(=N)C(O)c1ccc(Cl)c(Cl)c1. The van der Waals surface area contributed by atoms with Crippen LogP contribution in [0.4, 0.5) is 0 Å². The Kier molecular flexibility index (Phi) is 4.39. The maximum Gasteiger partial charge on any atom is 0.214 e. The maximum atomic E-state index is 9.68. The van der Waals surface area contributed by atoms with Gasteiger partial charge in [0.1, 0.15) is 0 Å². The molecule has 1 aromatic carbocycles. The van der Waals surface area contributed by atoms with Crippen molar-refractivity contribution in [3.8, 4) is 0 Å². The van der Waals surface area contributed by atoms with Crippen molar-refractivity contribution >= 4 is 29.1 Å². The lowest BCUT2D eigenvalue weighted by molar-refractivity contribution is 0.190. The molecule has 0 spiro atoms. The third kappa shape index (κ3) is 3.09. The van der Waals surface area contributed by atoms with E-state index >= 15 is 0 Å². The second-order valence-corrected chi connectivity index (χ2v) is 3.69. The van der Waals surface area contributed by atoms with E-state index in [-0.39, 0.29) is 5.90 Å². The van der Waals surface area contributed by atoms with Gasteiger partial charge in [0.2, 0.25) is 5.90 Å². The molecule has 0 heterocycles. The lowest BCUT2D eigenvalue weighted by Crippen LogP contribution is -2.14. The molecular formula is C10H11Cl2NO2. The second-order valence-electron chi connectivity index (χ2n) is 2.87. The molecule has 0 radical (unpaired) electrons. The quantitative estimate of drug-likeness (QED) is 0.638. The number of ether oxygens (including phenoxy) is 1. The fourth-order valence-corrected chi connectivity index (χ4v) is 1.37. The van der Waals surface area contributed by atoms with Crippen molar-refractivity contribution in [1.29, 1.82) is 5.41 Å². The maximum absolute atomic E-state index is 9.68. The first-order valence-electron chi connectivity index (χ1n) is 4.40. The lowest BCUT2D eigenvalue weighted by atomic mass is 10.1. The highest BCUT2D eigenvalue weighted by atomic mass is 35.5. The second kappa shape index (κ2) is 5.35. The molecule has 5 heteroatoms. The average Bonchev–Trinajstić information content (AvgIpc) is 2.21. The van der Waals surface area contributed by atoms with E-state index in [0.717, 1.165) is 0 Å². The summed E-state index contributed by atoms with van der Waals surface area (Å²) in [5.41, 5.74) is 0.489. The summed E-state index contributed by atoms with van der Waals surface area (Å²) in [7, 11) is 0. The Morgan fingerprint density at radius 3 is 2.67 bits per heavy atom. The van der Waals surface area contributed by atoms with Crippen LogP contribution >= 0.6 is 23.2 Å². The molecule has 0 fully saturated rings. The predicted octanol–water partition coefficient (Wildman–Crippen LogP) is 3.04. The standard InChI is InChI=1S/C10H11Cl2NO2/c1-2-15-10(13)9(14)6-3-4-7(11)8(12)5-6/h3-5,9,13-14H,2H2,1H3. The number of benzene rings is 1. The third-order valence-electron chi connectivity index (χ3n) is 1.81. The van der Waals surface area contributed by atoms with Gasteiger partial charge in [-0.05, 0) is 24.6 Å². The number of hydrogen-bond donors (Lipinski definition) is 2. The Labute approximate surface area is 98.1 Å². The molecule has 0 bridgehead atoms. The summed E-state index contributed by atoms with van der Waals surface area (Å²) >= 11 is 11.5. The third-order valence-corrected chi connectivity index (χ3v) is 2.55. The minimum absolute atomic E-state index is 0.198. The smallest absolute Gasteiger partial charge is 0.214 e. The molecule has 1 unspecified atom stereocenters. The van der Waals surface area contributed by atoms with Gasteiger partial charge in [0.15, 0.2) is 6.10 Å². The Hall–Kier alpha value is -0.770. The zero-order chi connectivity index (χ0) is 11.4. The van der Waals surface area contributed by atoms with Gasteiger partial charge in [-0.1, -0.05) is 29.3 Å². The molecule has 0 aliphatic heterocycles. The van der Waals surface area contributed by atoms with Crippen molar-refractivity contribution in [1.82, 2.24) is 0 Å². The first kappa shape index (κ1) is 12.3. The largest absolute Gasteiger partial charge is 0.479 e. The van der Waals surface area contributed by atoms with E-state index in [0.29, 0.717) is 22.2 Å². The lowest BCUT2D eigenvalue weighted by Gasteiger charge is -2.12. The number of halogens is 2. The van der Waals surface area contributed by atoms with Crippen LogP contribution in [-0.2, 0) is 4.74 Å². The van der Waals surface area contributed by atoms with Gasteiger partial charge in [-0.3, -0.25) is 5.41 Å². The van der Waals surface area contributed by atoms with E-state index in [9.17, 15) is 5.11 Å². The Bertz CT molecular complexity index is 368. The van der Waals surface area contributed by atoms with E-state index in [1.807, 2.05) is 0 Å². The molecule has 2 N–H and O–H groups in total. The van der Waals surface area contributed by atoms with Gasteiger partial charge in [-0.25, -0.2) is 0 Å². The highest BCUT2D eigenvalue weighted by Gasteiger charge is 2.15. The Morgan fingerprint density at radius 2 is 2.13 bits per heavy atom. The summed E-state index contributed by atoms with van der Waals surface area (Å²) in [5, 5.41) is 17.8. The van der Waals surface area contributed by atoms with Crippen molar-refractivity contribution in [2.45, 2.75) is 13.0 Å². The van der Waals surface area contributed by atoms with E-state index in [1.54, 1.807) is 19.1 Å². The molecule has 1 atom stereocenters. The van der Waals surface area contributed by atoms with Crippen LogP contribution < -0.4 is 0 Å². The summed E-state index contributed by atoms with van der Waals surface area (Å²) in [5.74, 6) is -0.198. The zero-order valence-electron chi connectivity index (χ0n) is 8.13. The summed E-state index contributed by atoms with van der Waals surface area (Å²) < 4.78 is 4.89. The van der Waals surface area contributed by atoms with E-state index in [1.165, 1.54) is 6.07 Å². The van der Waals surface area contributed by atoms with Gasteiger partial charge in [-0.2, -0.15) is 0 Å². The van der Waals surface area contributed by atoms with Crippen molar-refractivity contribution in [2.24, 2.45) is 0 Å². The van der Waals surface area contributed by atoms with Crippen LogP contribution in [-0.4, -0.2) is 17.6 Å². The fraction of sp³-hybridized carbons (Fsp3) is 0.300. The minimum Gasteiger partial charge on any atom is -0.479 e. The number of aliphatic hydroxyl groups excluding tert-OH is 1. The van der Waals surface area contributed by atoms with Gasteiger partial charge in [-0.15, -0.1) is 0 Å². The van der Waals surface area contributed by atoms with E-state index in [2.05, 4.69) is 0 Å². The molecule has 0 saturated heterocycles. The monoisotopic (exact) mass is 247 g/mol. The molecule has 0 aromatic heterocycles. The highest BCUT2D eigenvalue weighted by molar-refractivity contribution is 6.42. The molecule has 0 aliphatic rings. The molecule has 3 nitrogen and oxygen atoms in total. The fourth-order valence-electron chi connectivity index (χ4n) is 1.07. The van der Waals surface area contributed by atoms with Crippen LogP contribution in [0.1, 0.15) is 18.6 Å². The van der Waals surface area contributed by atoms with Crippen molar-refractivity contribution in [3.63, 3.8) is 0 Å². The minimum atomic E-state index is -1.10. The molecule has 1 aromatic rings. The average molecular weight is 248 g/mol. The van der Waals surface area contributed by atoms with Crippen molar-refractivity contribution in [3.05, 3.63) is 33.8 Å². The summed E-state index contributed by atoms with van der Waals surface area (Å²) in [6, 6.07) is 4.69. The number of nitrogens with one attached hydrogen (secondary N) is 1. The predicted molar refractivity (Wildman–Crippen MR) is 60.8 cm³/mol. The van der Waals surface area contributed by atoms with Crippen LogP contribution in [0.25, 0.3) is 0 Å². The van der Waals surface area contributed by atoms with Crippen LogP contribution in [0.5, 0.6) is 0 Å². The van der Waals surface area contributed by atoms with Crippen molar-refractivity contribution in [2.75, 3.05) is 6.61 Å². The van der Waals surface area contributed by atoms with Crippen LogP contribution in [0.3, 0.4) is 0 Å². The van der Waals surface area contributed by atoms with Gasteiger partial charge >= 0.3 is 0 Å². The van der Waals surface area contributed by atoms with E-state index < -0.39 is 6.10 Å². The van der Waals surface area contributed by atoms with Gasteiger partial charge in [0.05, 0.1) is 16.7 Å². The molecule has 0 aliphatic carbocycles. The molecule has 0 amide bonds. The number of hydrogen-bond acceptors (Lipinski definition) is 3. The van der Waals surface area contributed by atoms with Gasteiger partial charge in [0, 0.05) is 0 Å². The number of rotatable bonds is 3. The first-order chi connectivity index (χ1) is 7.06. The molecule has 0 saturated carbocycles. The molecular weight excluding hydrogens is 237 g/mol. The van der Waals surface area contributed by atoms with Gasteiger partial charge in [0.25, 0.3) is 0 Å². The van der Waals surface area contributed by atoms with Crippen LogP contribution in [0.2, 0.25) is 10.0 Å².